The van der Waals surface area contributed by atoms with Crippen LogP contribution in [0.25, 0.3) is 0 Å². The molecule has 0 aromatic heterocycles. The summed E-state index contributed by atoms with van der Waals surface area (Å²) >= 11 is 0. The summed E-state index contributed by atoms with van der Waals surface area (Å²) in [7, 11) is 0. The van der Waals surface area contributed by atoms with Crippen LogP contribution in [0, 0.1) is 0 Å². The Kier molecular flexibility index (Phi) is 6.68. The van der Waals surface area contributed by atoms with Crippen LogP contribution < -0.4 is 14.4 Å². The van der Waals surface area contributed by atoms with Gasteiger partial charge in [0.05, 0.1) is 0 Å². The van der Waals surface area contributed by atoms with Gasteiger partial charge in [-0.15, -0.1) is 0 Å². The van der Waals surface area contributed by atoms with Crippen LogP contribution in [0.3, 0.4) is 0 Å². The fraction of sp³-hybridized carbons (Fsp3) is 0.464. The Morgan fingerprint density at radius 3 is 2.52 bits per heavy atom. The highest BCUT2D eigenvalue weighted by Crippen LogP contribution is 2.40. The molecule has 1 saturated heterocycles. The zero-order valence-electron chi connectivity index (χ0n) is 19.6. The van der Waals surface area contributed by atoms with Gasteiger partial charge in [0.2, 0.25) is 0 Å². The lowest BCUT2D eigenvalue weighted by atomic mass is 10.1. The maximum absolute atomic E-state index is 13.0. The third kappa shape index (κ3) is 5.25. The largest absolute Gasteiger partial charge is 0.492 e. The van der Waals surface area contributed by atoms with Crippen LogP contribution >= 0.6 is 0 Å². The van der Waals surface area contributed by atoms with Gasteiger partial charge >= 0.3 is 0 Å². The van der Waals surface area contributed by atoms with E-state index < -0.39 is 0 Å². The Morgan fingerprint density at radius 2 is 1.79 bits per heavy atom. The van der Waals surface area contributed by atoms with E-state index in [0.29, 0.717) is 30.6 Å². The van der Waals surface area contributed by atoms with Crippen molar-refractivity contribution >= 4 is 11.6 Å². The predicted molar refractivity (Wildman–Crippen MR) is 131 cm³/mol. The average Bonchev–Trinajstić information content (AvgIpc) is 3.64. The van der Waals surface area contributed by atoms with Crippen molar-refractivity contribution in [3.05, 3.63) is 65.4 Å². The molecule has 5 heteroatoms. The molecule has 1 amide bonds. The zero-order chi connectivity index (χ0) is 22.6. The fourth-order valence-electron chi connectivity index (χ4n) is 4.76. The molecule has 0 spiro atoms. The molecule has 5 nitrogen and oxygen atoms in total. The molecule has 0 unspecified atom stereocenters. The van der Waals surface area contributed by atoms with Crippen LogP contribution in [0.15, 0.2) is 54.3 Å². The first-order chi connectivity index (χ1) is 16.2. The maximum atomic E-state index is 13.0. The van der Waals surface area contributed by atoms with Crippen LogP contribution in [0.1, 0.15) is 56.1 Å². The van der Waals surface area contributed by atoms with E-state index in [9.17, 15) is 4.79 Å². The topological polar surface area (TPSA) is 42.0 Å². The molecule has 0 N–H and O–H groups in total. The van der Waals surface area contributed by atoms with Crippen molar-refractivity contribution in [2.75, 3.05) is 37.7 Å². The van der Waals surface area contributed by atoms with E-state index in [1.54, 1.807) is 4.90 Å². The summed E-state index contributed by atoms with van der Waals surface area (Å²) in [6.07, 6.45) is 9.23. The number of hydrogen-bond acceptors (Lipinski definition) is 4. The molecule has 2 heterocycles. The van der Waals surface area contributed by atoms with Crippen molar-refractivity contribution in [3.63, 3.8) is 0 Å². The van der Waals surface area contributed by atoms with Crippen molar-refractivity contribution in [1.29, 1.82) is 0 Å². The van der Waals surface area contributed by atoms with Crippen LogP contribution in [-0.4, -0.2) is 43.6 Å². The molecule has 2 fully saturated rings. The molecule has 2 aromatic rings. The van der Waals surface area contributed by atoms with Gasteiger partial charge in [-0.25, -0.2) is 0 Å². The highest BCUT2D eigenvalue weighted by Gasteiger charge is 2.28. The number of piperidine rings is 1. The molecule has 2 aromatic carbocycles. The number of benzene rings is 2. The van der Waals surface area contributed by atoms with Crippen LogP contribution in [0.4, 0.5) is 5.69 Å². The SMILES string of the molecule is CCc1cc(N2CC=C(Oc3ccc(C4CC4)cc3)C2=O)ccc1OCCN1CCCCC1. The zero-order valence-corrected chi connectivity index (χ0v) is 19.6. The Morgan fingerprint density at radius 1 is 1.00 bits per heavy atom. The standard InChI is InChI=1S/C28H34N2O3/c1-2-21-20-24(10-13-26(21)32-19-18-29-15-4-3-5-16-29)30-17-14-27(28(30)31)33-25-11-8-23(9-12-25)22-6-7-22/h8-14,20,22H,2-7,15-19H2,1H3. The lowest BCUT2D eigenvalue weighted by Gasteiger charge is -2.26. The molecule has 3 aliphatic rings. The van der Waals surface area contributed by atoms with E-state index in [2.05, 4.69) is 30.0 Å². The summed E-state index contributed by atoms with van der Waals surface area (Å²) in [6.45, 7) is 6.69. The van der Waals surface area contributed by atoms with Crippen LogP contribution in [0.2, 0.25) is 0 Å². The Labute approximate surface area is 197 Å². The monoisotopic (exact) mass is 446 g/mol. The number of carbonyl (C=O) groups is 1. The molecule has 1 aliphatic carbocycles. The van der Waals surface area contributed by atoms with E-state index in [0.717, 1.165) is 30.0 Å². The lowest BCUT2D eigenvalue weighted by Crippen LogP contribution is -2.33. The van der Waals surface area contributed by atoms with E-state index in [4.69, 9.17) is 9.47 Å². The number of ether oxygens (including phenoxy) is 2. The number of hydrogen-bond donors (Lipinski definition) is 0. The first-order valence-electron chi connectivity index (χ1n) is 12.5. The molecular formula is C28H34N2O3. The molecule has 5 rings (SSSR count). The lowest BCUT2D eigenvalue weighted by molar-refractivity contribution is -0.116. The van der Waals surface area contributed by atoms with Crippen molar-refractivity contribution in [1.82, 2.24) is 4.90 Å². The quantitative estimate of drug-likeness (QED) is 0.524. The van der Waals surface area contributed by atoms with Crippen molar-refractivity contribution in [2.45, 2.75) is 51.4 Å². The second-order valence-electron chi connectivity index (χ2n) is 9.33. The van der Waals surface area contributed by atoms with E-state index in [1.807, 2.05) is 30.3 Å². The fourth-order valence-corrected chi connectivity index (χ4v) is 4.76. The van der Waals surface area contributed by atoms with Crippen LogP contribution in [-0.2, 0) is 11.2 Å². The van der Waals surface area contributed by atoms with Gasteiger partial charge in [0.15, 0.2) is 5.76 Å². The highest BCUT2D eigenvalue weighted by molar-refractivity contribution is 6.07. The molecule has 33 heavy (non-hydrogen) atoms. The summed E-state index contributed by atoms with van der Waals surface area (Å²) in [5.74, 6) is 2.65. The Hall–Kier alpha value is -2.79. The number of amides is 1. The van der Waals surface area contributed by atoms with Gasteiger partial charge in [0.25, 0.3) is 5.91 Å². The second-order valence-corrected chi connectivity index (χ2v) is 9.33. The summed E-state index contributed by atoms with van der Waals surface area (Å²) < 4.78 is 12.0. The molecule has 0 atom stereocenters. The van der Waals surface area contributed by atoms with Gasteiger partial charge in [-0.1, -0.05) is 25.5 Å². The molecule has 174 valence electrons. The molecule has 2 aliphatic heterocycles. The summed E-state index contributed by atoms with van der Waals surface area (Å²) in [5, 5.41) is 0. The first-order valence-corrected chi connectivity index (χ1v) is 12.5. The van der Waals surface area contributed by atoms with Gasteiger partial charge in [0, 0.05) is 18.8 Å². The maximum Gasteiger partial charge on any atom is 0.294 e. The van der Waals surface area contributed by atoms with Gasteiger partial charge in [0.1, 0.15) is 18.1 Å². The highest BCUT2D eigenvalue weighted by atomic mass is 16.5. The molecule has 0 bridgehead atoms. The Balaban J connectivity index is 1.18. The summed E-state index contributed by atoms with van der Waals surface area (Å²) in [5.41, 5.74) is 3.38. The summed E-state index contributed by atoms with van der Waals surface area (Å²) in [6, 6.07) is 14.2. The minimum Gasteiger partial charge on any atom is -0.492 e. The number of likely N-dealkylation sites (tertiary alicyclic amines) is 1. The van der Waals surface area contributed by atoms with Gasteiger partial charge in [-0.3, -0.25) is 9.69 Å². The third-order valence-electron chi connectivity index (χ3n) is 6.92. The first kappa shape index (κ1) is 22.0. The predicted octanol–water partition coefficient (Wildman–Crippen LogP) is 5.30. The normalized spacial score (nSPS) is 19.0. The molecule has 1 saturated carbocycles. The van der Waals surface area contributed by atoms with E-state index >= 15 is 0 Å². The number of carbonyl (C=O) groups excluding carboxylic acids is 1. The molecule has 0 radical (unpaired) electrons. The van der Waals surface area contributed by atoms with Crippen molar-refractivity contribution in [3.8, 4) is 11.5 Å². The smallest absolute Gasteiger partial charge is 0.294 e. The molecular weight excluding hydrogens is 412 g/mol. The number of rotatable bonds is 9. The third-order valence-corrected chi connectivity index (χ3v) is 6.92. The minimum absolute atomic E-state index is 0.0953. The number of anilines is 1. The average molecular weight is 447 g/mol. The second kappa shape index (κ2) is 10.0. The number of aryl methyl sites for hydroxylation is 1. The van der Waals surface area contributed by atoms with Crippen molar-refractivity contribution in [2.24, 2.45) is 0 Å². The Bertz CT molecular complexity index is 1000. The van der Waals surface area contributed by atoms with Gasteiger partial charge in [-0.05, 0) is 98.6 Å². The number of nitrogens with zero attached hydrogens (tertiary/aromatic N) is 2. The summed E-state index contributed by atoms with van der Waals surface area (Å²) in [4.78, 5) is 17.3. The van der Waals surface area contributed by atoms with Gasteiger partial charge < -0.3 is 14.4 Å². The van der Waals surface area contributed by atoms with Gasteiger partial charge in [-0.2, -0.15) is 0 Å². The van der Waals surface area contributed by atoms with Crippen molar-refractivity contribution < 1.29 is 14.3 Å². The van der Waals surface area contributed by atoms with Crippen LogP contribution in [0.5, 0.6) is 11.5 Å². The van der Waals surface area contributed by atoms with E-state index in [1.165, 1.54) is 50.8 Å². The minimum atomic E-state index is -0.0953. The van der Waals surface area contributed by atoms with E-state index in [-0.39, 0.29) is 5.91 Å².